The second-order valence-corrected chi connectivity index (χ2v) is 6.81. The van der Waals surface area contributed by atoms with Crippen LogP contribution in [0.15, 0.2) is 17.3 Å². The summed E-state index contributed by atoms with van der Waals surface area (Å²) in [7, 11) is 3.76. The van der Waals surface area contributed by atoms with Crippen LogP contribution in [-0.4, -0.2) is 39.8 Å². The molecule has 1 aromatic heterocycles. The summed E-state index contributed by atoms with van der Waals surface area (Å²) in [5, 5.41) is 10.9. The molecule has 0 spiro atoms. The highest BCUT2D eigenvalue weighted by Gasteiger charge is 2.29. The van der Waals surface area contributed by atoms with Gasteiger partial charge in [0.1, 0.15) is 0 Å². The summed E-state index contributed by atoms with van der Waals surface area (Å²) >= 11 is 2.06. The SMILES string of the molecule is CN=C(NCc1ccnn1C)NCC1(C)CCCS1. The molecule has 1 atom stereocenters. The first-order chi connectivity index (χ1) is 9.13. The molecule has 0 amide bonds. The predicted octanol–water partition coefficient (Wildman–Crippen LogP) is 1.37. The van der Waals surface area contributed by atoms with Crippen molar-refractivity contribution in [2.45, 2.75) is 31.1 Å². The van der Waals surface area contributed by atoms with E-state index in [4.69, 9.17) is 0 Å². The highest BCUT2D eigenvalue weighted by molar-refractivity contribution is 8.00. The second-order valence-electron chi connectivity index (χ2n) is 5.13. The van der Waals surface area contributed by atoms with E-state index in [9.17, 15) is 0 Å². The zero-order valence-corrected chi connectivity index (χ0v) is 12.8. The minimum Gasteiger partial charge on any atom is -0.355 e. The molecule has 2 heterocycles. The van der Waals surface area contributed by atoms with E-state index < -0.39 is 0 Å². The lowest BCUT2D eigenvalue weighted by Crippen LogP contribution is -2.43. The molecule has 2 N–H and O–H groups in total. The van der Waals surface area contributed by atoms with Crippen molar-refractivity contribution in [3.8, 4) is 0 Å². The smallest absolute Gasteiger partial charge is 0.191 e. The predicted molar refractivity (Wildman–Crippen MR) is 81.5 cm³/mol. The monoisotopic (exact) mass is 281 g/mol. The molecule has 1 aliphatic rings. The van der Waals surface area contributed by atoms with Gasteiger partial charge in [0.2, 0.25) is 0 Å². The molecule has 2 rings (SSSR count). The molecule has 19 heavy (non-hydrogen) atoms. The van der Waals surface area contributed by atoms with Gasteiger partial charge in [0.05, 0.1) is 12.2 Å². The zero-order valence-electron chi connectivity index (χ0n) is 11.9. The Bertz CT molecular complexity index is 434. The van der Waals surface area contributed by atoms with Gasteiger partial charge in [0, 0.05) is 31.6 Å². The van der Waals surface area contributed by atoms with Crippen molar-refractivity contribution in [3.63, 3.8) is 0 Å². The lowest BCUT2D eigenvalue weighted by atomic mass is 10.1. The molecular formula is C13H23N5S. The number of aromatic nitrogens is 2. The van der Waals surface area contributed by atoms with Gasteiger partial charge in [0.25, 0.3) is 0 Å². The first-order valence-corrected chi connectivity index (χ1v) is 7.67. The van der Waals surface area contributed by atoms with Crippen LogP contribution in [0.2, 0.25) is 0 Å². The number of aryl methyl sites for hydroxylation is 1. The number of aliphatic imine (C=N–C) groups is 1. The molecule has 0 radical (unpaired) electrons. The minimum absolute atomic E-state index is 0.351. The van der Waals surface area contributed by atoms with Gasteiger partial charge < -0.3 is 10.6 Å². The lowest BCUT2D eigenvalue weighted by molar-refractivity contribution is 0.583. The normalized spacial score (nSPS) is 23.6. The van der Waals surface area contributed by atoms with Gasteiger partial charge in [-0.15, -0.1) is 0 Å². The molecule has 1 fully saturated rings. The van der Waals surface area contributed by atoms with Gasteiger partial charge in [-0.05, 0) is 31.6 Å². The average Bonchev–Trinajstić information content (AvgIpc) is 3.00. The molecule has 106 valence electrons. The number of hydrogen-bond acceptors (Lipinski definition) is 3. The number of rotatable bonds is 4. The van der Waals surface area contributed by atoms with Crippen LogP contribution in [0.3, 0.4) is 0 Å². The molecule has 1 saturated heterocycles. The van der Waals surface area contributed by atoms with Crippen LogP contribution in [0.1, 0.15) is 25.5 Å². The first-order valence-electron chi connectivity index (χ1n) is 6.68. The van der Waals surface area contributed by atoms with Gasteiger partial charge in [-0.3, -0.25) is 9.67 Å². The summed E-state index contributed by atoms with van der Waals surface area (Å²) in [5.41, 5.74) is 1.14. The van der Waals surface area contributed by atoms with Crippen molar-refractivity contribution >= 4 is 17.7 Å². The third kappa shape index (κ3) is 3.89. The van der Waals surface area contributed by atoms with Gasteiger partial charge in [-0.1, -0.05) is 0 Å². The summed E-state index contributed by atoms with van der Waals surface area (Å²) in [6.07, 6.45) is 4.41. The molecule has 1 aliphatic heterocycles. The molecule has 0 bridgehead atoms. The van der Waals surface area contributed by atoms with Gasteiger partial charge in [-0.2, -0.15) is 16.9 Å². The van der Waals surface area contributed by atoms with Gasteiger partial charge in [-0.25, -0.2) is 0 Å². The zero-order chi connectivity index (χ0) is 13.7. The molecule has 1 aromatic rings. The standard InChI is InChI=1S/C13H23N5S/c1-13(6-4-8-19-13)10-16-12(14-2)15-9-11-5-7-17-18(11)3/h5,7H,4,6,8-10H2,1-3H3,(H2,14,15,16). The molecule has 1 unspecified atom stereocenters. The van der Waals surface area contributed by atoms with Crippen molar-refractivity contribution in [2.75, 3.05) is 19.3 Å². The van der Waals surface area contributed by atoms with Crippen LogP contribution in [-0.2, 0) is 13.6 Å². The maximum atomic E-state index is 4.26. The maximum absolute atomic E-state index is 4.26. The summed E-state index contributed by atoms with van der Waals surface area (Å²) in [5.74, 6) is 2.13. The number of hydrogen-bond donors (Lipinski definition) is 2. The maximum Gasteiger partial charge on any atom is 0.191 e. The van der Waals surface area contributed by atoms with Crippen LogP contribution >= 0.6 is 11.8 Å². The molecule has 0 aliphatic carbocycles. The molecule has 5 nitrogen and oxygen atoms in total. The van der Waals surface area contributed by atoms with Crippen molar-refractivity contribution in [2.24, 2.45) is 12.0 Å². The quantitative estimate of drug-likeness (QED) is 0.646. The Kier molecular flexibility index (Phi) is 4.74. The Hall–Kier alpha value is -1.17. The van der Waals surface area contributed by atoms with Crippen LogP contribution in [0.4, 0.5) is 0 Å². The Morgan fingerprint density at radius 3 is 3.00 bits per heavy atom. The largest absolute Gasteiger partial charge is 0.355 e. The van der Waals surface area contributed by atoms with Gasteiger partial charge >= 0.3 is 0 Å². The highest BCUT2D eigenvalue weighted by Crippen LogP contribution is 2.36. The van der Waals surface area contributed by atoms with Crippen LogP contribution in [0.5, 0.6) is 0 Å². The van der Waals surface area contributed by atoms with E-state index in [-0.39, 0.29) is 0 Å². The van der Waals surface area contributed by atoms with E-state index in [1.165, 1.54) is 18.6 Å². The molecular weight excluding hydrogens is 258 g/mol. The van der Waals surface area contributed by atoms with Crippen molar-refractivity contribution in [3.05, 3.63) is 18.0 Å². The van der Waals surface area contributed by atoms with Crippen molar-refractivity contribution < 1.29 is 0 Å². The molecule has 6 heteroatoms. The van der Waals surface area contributed by atoms with E-state index in [0.29, 0.717) is 4.75 Å². The van der Waals surface area contributed by atoms with Crippen molar-refractivity contribution in [1.82, 2.24) is 20.4 Å². The Balaban J connectivity index is 1.79. The van der Waals surface area contributed by atoms with E-state index in [2.05, 4.69) is 39.4 Å². The van der Waals surface area contributed by atoms with E-state index in [1.54, 1.807) is 0 Å². The fourth-order valence-electron chi connectivity index (χ4n) is 2.22. The number of guanidine groups is 1. The molecule has 0 aromatic carbocycles. The summed E-state index contributed by atoms with van der Waals surface area (Å²) < 4.78 is 2.22. The summed E-state index contributed by atoms with van der Waals surface area (Å²) in [6.45, 7) is 4.02. The Labute approximate surface area is 119 Å². The fraction of sp³-hybridized carbons (Fsp3) is 0.692. The first kappa shape index (κ1) is 14.2. The Morgan fingerprint density at radius 1 is 1.58 bits per heavy atom. The number of thioether (sulfide) groups is 1. The van der Waals surface area contributed by atoms with E-state index >= 15 is 0 Å². The lowest BCUT2D eigenvalue weighted by Gasteiger charge is -2.24. The third-order valence-corrected chi connectivity index (χ3v) is 5.05. The average molecular weight is 281 g/mol. The third-order valence-electron chi connectivity index (χ3n) is 3.51. The summed E-state index contributed by atoms with van der Waals surface area (Å²) in [6, 6.07) is 2.01. The van der Waals surface area contributed by atoms with Crippen LogP contribution in [0, 0.1) is 0 Å². The van der Waals surface area contributed by atoms with E-state index in [1.807, 2.05) is 31.0 Å². The topological polar surface area (TPSA) is 54.2 Å². The van der Waals surface area contributed by atoms with E-state index in [0.717, 1.165) is 24.7 Å². The van der Waals surface area contributed by atoms with Crippen LogP contribution < -0.4 is 10.6 Å². The number of nitrogens with one attached hydrogen (secondary N) is 2. The van der Waals surface area contributed by atoms with Crippen LogP contribution in [0.25, 0.3) is 0 Å². The summed E-state index contributed by atoms with van der Waals surface area (Å²) in [4.78, 5) is 4.26. The minimum atomic E-state index is 0.351. The second kappa shape index (κ2) is 6.32. The number of nitrogens with zero attached hydrogens (tertiary/aromatic N) is 3. The molecule has 0 saturated carbocycles. The highest BCUT2D eigenvalue weighted by atomic mass is 32.2. The van der Waals surface area contributed by atoms with Gasteiger partial charge in [0.15, 0.2) is 5.96 Å². The fourth-order valence-corrected chi connectivity index (χ4v) is 3.46. The van der Waals surface area contributed by atoms with Crippen molar-refractivity contribution in [1.29, 1.82) is 0 Å². The Morgan fingerprint density at radius 2 is 2.42 bits per heavy atom.